The van der Waals surface area contributed by atoms with Gasteiger partial charge in [-0.1, -0.05) is 18.2 Å². The van der Waals surface area contributed by atoms with Gasteiger partial charge in [-0.3, -0.25) is 9.27 Å². The van der Waals surface area contributed by atoms with Crippen LogP contribution in [0, 0.1) is 0 Å². The third kappa shape index (κ3) is 6.54. The van der Waals surface area contributed by atoms with E-state index in [-0.39, 0.29) is 38.5 Å². The van der Waals surface area contributed by atoms with Gasteiger partial charge in [0.15, 0.2) is 19.7 Å². The highest BCUT2D eigenvalue weighted by molar-refractivity contribution is 7.93. The van der Waals surface area contributed by atoms with Crippen molar-refractivity contribution >= 4 is 67.7 Å². The predicted octanol–water partition coefficient (Wildman–Crippen LogP) is 3.82. The zero-order chi connectivity index (χ0) is 30.4. The minimum absolute atomic E-state index is 0.00516. The lowest BCUT2D eigenvalue weighted by Gasteiger charge is -2.13. The van der Waals surface area contributed by atoms with E-state index in [9.17, 15) is 43.3 Å². The molecule has 0 bridgehead atoms. The predicted molar refractivity (Wildman–Crippen MR) is 150 cm³/mol. The van der Waals surface area contributed by atoms with Crippen molar-refractivity contribution < 1.29 is 43.3 Å². The average Bonchev–Trinajstić information content (AvgIpc) is 2.87. The number of hydrogen-bond donors (Lipinski definition) is 3. The normalized spacial score (nSPS) is 13.0. The van der Waals surface area contributed by atoms with Crippen LogP contribution in [0.5, 0.6) is 5.75 Å². The van der Waals surface area contributed by atoms with E-state index in [0.29, 0.717) is 0 Å². The Morgan fingerprint density at radius 3 is 1.90 bits per heavy atom. The number of nitrogens with one attached hydrogen (secondary N) is 1. The van der Waals surface area contributed by atoms with Gasteiger partial charge < -0.3 is 5.11 Å². The Morgan fingerprint density at radius 2 is 1.27 bits per heavy atom. The van der Waals surface area contributed by atoms with Crippen LogP contribution in [0.2, 0.25) is 0 Å². The summed E-state index contributed by atoms with van der Waals surface area (Å²) in [6.07, 6.45) is 1.78. The average molecular weight is 640 g/mol. The maximum absolute atomic E-state index is 13.1. The number of fused-ring (bicyclic) bond motifs is 1. The van der Waals surface area contributed by atoms with Crippen molar-refractivity contribution in [1.29, 1.82) is 0 Å². The number of hydrogen-bond acceptors (Lipinski definition) is 11. The minimum Gasteiger partial charge on any atom is -0.507 e. The van der Waals surface area contributed by atoms with E-state index < -0.39 is 54.5 Å². The fraction of sp³-hybridized carbons (Fsp3) is 0.0833. The lowest BCUT2D eigenvalue weighted by Crippen LogP contribution is -2.14. The molecule has 0 spiro atoms. The van der Waals surface area contributed by atoms with Gasteiger partial charge in [0.1, 0.15) is 11.4 Å². The fourth-order valence-electron chi connectivity index (χ4n) is 3.76. The van der Waals surface area contributed by atoms with Gasteiger partial charge in [-0.25, -0.2) is 25.3 Å². The van der Waals surface area contributed by atoms with E-state index in [0.717, 1.165) is 55.0 Å². The molecule has 0 saturated carbocycles. The van der Waals surface area contributed by atoms with Gasteiger partial charge in [0, 0.05) is 23.3 Å². The molecule has 0 fully saturated rings. The SMILES string of the molecule is CS(=O)(=O)c1ccc(/N=N/c2ccc(O)c3cccc(NS(=O)(=O)c4cccc(S(=O)(=O)O)c4)c23)c(S(C)(=O)=O)c1. The second-order valence-electron chi connectivity index (χ2n) is 8.76. The van der Waals surface area contributed by atoms with Crippen molar-refractivity contribution in [3.63, 3.8) is 0 Å². The van der Waals surface area contributed by atoms with Crippen LogP contribution < -0.4 is 4.72 Å². The highest BCUT2D eigenvalue weighted by atomic mass is 32.2. The molecule has 0 aliphatic carbocycles. The Balaban J connectivity index is 1.86. The van der Waals surface area contributed by atoms with Gasteiger partial charge in [0.25, 0.3) is 20.1 Å². The largest absolute Gasteiger partial charge is 0.507 e. The molecule has 3 N–H and O–H groups in total. The van der Waals surface area contributed by atoms with Crippen molar-refractivity contribution in [3.8, 4) is 5.75 Å². The molecule has 0 aromatic heterocycles. The Kier molecular flexibility index (Phi) is 7.70. The number of aromatic hydroxyl groups is 1. The number of nitrogens with zero attached hydrogens (tertiary/aromatic N) is 2. The van der Waals surface area contributed by atoms with Crippen LogP contribution in [0.1, 0.15) is 0 Å². The quantitative estimate of drug-likeness (QED) is 0.187. The molecule has 17 heteroatoms. The van der Waals surface area contributed by atoms with Crippen molar-refractivity contribution in [2.75, 3.05) is 17.2 Å². The summed E-state index contributed by atoms with van der Waals surface area (Å²) in [6, 6.07) is 14.1. The van der Waals surface area contributed by atoms with Gasteiger partial charge in [-0.2, -0.15) is 8.42 Å². The zero-order valence-corrected chi connectivity index (χ0v) is 24.4. The first-order valence-electron chi connectivity index (χ1n) is 11.2. The van der Waals surface area contributed by atoms with E-state index in [1.54, 1.807) is 0 Å². The first-order chi connectivity index (χ1) is 18.9. The lowest BCUT2D eigenvalue weighted by atomic mass is 10.1. The summed E-state index contributed by atoms with van der Waals surface area (Å²) in [5.41, 5.74) is -0.295. The molecule has 0 heterocycles. The van der Waals surface area contributed by atoms with Gasteiger partial charge in [-0.15, -0.1) is 10.2 Å². The molecule has 0 radical (unpaired) electrons. The first-order valence-corrected chi connectivity index (χ1v) is 17.9. The smallest absolute Gasteiger partial charge is 0.294 e. The number of sulfone groups is 2. The summed E-state index contributed by atoms with van der Waals surface area (Å²) in [5, 5.41) is 18.7. The molecule has 216 valence electrons. The molecule has 0 amide bonds. The van der Waals surface area contributed by atoms with Crippen molar-refractivity contribution in [2.24, 2.45) is 10.2 Å². The second kappa shape index (κ2) is 10.5. The van der Waals surface area contributed by atoms with Gasteiger partial charge in [0.2, 0.25) is 0 Å². The molecule has 0 unspecified atom stereocenters. The number of phenols is 1. The maximum atomic E-state index is 13.1. The molecule has 0 atom stereocenters. The molecule has 4 rings (SSSR count). The second-order valence-corrected chi connectivity index (χ2v) is 15.9. The van der Waals surface area contributed by atoms with E-state index in [2.05, 4.69) is 15.0 Å². The maximum Gasteiger partial charge on any atom is 0.294 e. The van der Waals surface area contributed by atoms with Crippen LogP contribution >= 0.6 is 0 Å². The summed E-state index contributed by atoms with van der Waals surface area (Å²) in [5.74, 6) is -0.248. The standard InChI is InChI=1S/C24H21N3O10S4/c1-38(29,30)15-9-10-19(23(14-15)39(2,31)32)25-26-20-11-12-22(28)18-7-4-8-21(24(18)20)27-40(33,34)16-5-3-6-17(13-16)41(35,36)37/h3-14,27-28H,1-2H3,(H,35,36,37)/b26-25+. The topological polar surface area (TPSA) is 214 Å². The number of sulfonamides is 1. The molecule has 0 saturated heterocycles. The Labute approximate surface area is 235 Å². The number of anilines is 1. The number of rotatable bonds is 8. The summed E-state index contributed by atoms with van der Waals surface area (Å²) >= 11 is 0. The molecule has 13 nitrogen and oxygen atoms in total. The van der Waals surface area contributed by atoms with Gasteiger partial charge in [-0.05, 0) is 54.6 Å². The summed E-state index contributed by atoms with van der Waals surface area (Å²) in [6.45, 7) is 0. The van der Waals surface area contributed by atoms with Gasteiger partial charge in [0.05, 0.1) is 31.0 Å². The van der Waals surface area contributed by atoms with Crippen LogP contribution in [0.25, 0.3) is 10.8 Å². The summed E-state index contributed by atoms with van der Waals surface area (Å²) < 4.78 is 109. The van der Waals surface area contributed by atoms with Crippen LogP contribution in [0.3, 0.4) is 0 Å². The van der Waals surface area contributed by atoms with Gasteiger partial charge >= 0.3 is 0 Å². The monoisotopic (exact) mass is 639 g/mol. The molecular weight excluding hydrogens is 619 g/mol. The lowest BCUT2D eigenvalue weighted by molar-refractivity contribution is 0.481. The fourth-order valence-corrected chi connectivity index (χ4v) is 7.03. The van der Waals surface area contributed by atoms with E-state index >= 15 is 0 Å². The zero-order valence-electron chi connectivity index (χ0n) is 21.1. The van der Waals surface area contributed by atoms with Crippen LogP contribution in [0.4, 0.5) is 17.1 Å². The first kappa shape index (κ1) is 30.1. The molecular formula is C24H21N3O10S4. The Bertz CT molecular complexity index is 2180. The number of azo groups is 1. The van der Waals surface area contributed by atoms with Crippen LogP contribution in [-0.2, 0) is 39.8 Å². The van der Waals surface area contributed by atoms with Crippen molar-refractivity contribution in [1.82, 2.24) is 0 Å². The molecule has 4 aromatic carbocycles. The summed E-state index contributed by atoms with van der Waals surface area (Å²) in [4.78, 5) is -1.79. The molecule has 41 heavy (non-hydrogen) atoms. The Morgan fingerprint density at radius 1 is 0.659 bits per heavy atom. The molecule has 0 aliphatic rings. The third-order valence-electron chi connectivity index (χ3n) is 5.68. The Hall–Kier alpha value is -3.90. The van der Waals surface area contributed by atoms with Crippen LogP contribution in [-0.4, -0.2) is 55.8 Å². The van der Waals surface area contributed by atoms with Crippen LogP contribution in [0.15, 0.2) is 103 Å². The molecule has 4 aromatic rings. The van der Waals surface area contributed by atoms with E-state index in [4.69, 9.17) is 0 Å². The van der Waals surface area contributed by atoms with Crippen molar-refractivity contribution in [3.05, 3.63) is 72.8 Å². The summed E-state index contributed by atoms with van der Waals surface area (Å²) in [7, 11) is -16.8. The number of benzene rings is 4. The third-order valence-corrected chi connectivity index (χ3v) is 10.1. The minimum atomic E-state index is -4.69. The van der Waals surface area contributed by atoms with E-state index in [1.165, 1.54) is 30.3 Å². The highest BCUT2D eigenvalue weighted by Gasteiger charge is 2.21. The van der Waals surface area contributed by atoms with E-state index in [1.807, 2.05) is 0 Å². The molecule has 0 aliphatic heterocycles. The van der Waals surface area contributed by atoms with Crippen molar-refractivity contribution in [2.45, 2.75) is 19.6 Å². The highest BCUT2D eigenvalue weighted by Crippen LogP contribution is 2.40. The number of phenolic OH excluding ortho intramolecular Hbond substituents is 1.